The Kier molecular flexibility index (Phi) is 2.63. The van der Waals surface area contributed by atoms with E-state index in [1.54, 1.807) is 0 Å². The van der Waals surface area contributed by atoms with E-state index in [4.69, 9.17) is 0 Å². The topological polar surface area (TPSA) is 23.5 Å². The van der Waals surface area contributed by atoms with E-state index < -0.39 is 5.60 Å². The summed E-state index contributed by atoms with van der Waals surface area (Å²) in [5.74, 6) is 0.314. The van der Waals surface area contributed by atoms with Gasteiger partial charge in [0.05, 0.1) is 5.60 Å². The summed E-state index contributed by atoms with van der Waals surface area (Å²) in [6.07, 6.45) is 6.55. The molecule has 0 amide bonds. The molecule has 0 fully saturated rings. The second-order valence-corrected chi connectivity index (χ2v) is 5.08. The fourth-order valence-electron chi connectivity index (χ4n) is 2.77. The van der Waals surface area contributed by atoms with Crippen LogP contribution in [0.15, 0.2) is 23.4 Å². The first-order valence-corrected chi connectivity index (χ1v) is 5.91. The summed E-state index contributed by atoms with van der Waals surface area (Å²) in [6.45, 7) is 8.24. The van der Waals surface area contributed by atoms with Gasteiger partial charge in [-0.1, -0.05) is 6.08 Å². The summed E-state index contributed by atoms with van der Waals surface area (Å²) >= 11 is 0. The number of aliphatic hydroxyl groups is 1. The molecule has 1 N–H and O–H groups in total. The fraction of sp³-hybridized carbons (Fsp3) is 0.692. The van der Waals surface area contributed by atoms with Crippen molar-refractivity contribution in [2.24, 2.45) is 5.92 Å². The van der Waals surface area contributed by atoms with Gasteiger partial charge in [0.1, 0.15) is 0 Å². The Labute approximate surface area is 92.3 Å². The zero-order valence-corrected chi connectivity index (χ0v) is 9.95. The van der Waals surface area contributed by atoms with Crippen LogP contribution in [0.1, 0.15) is 33.6 Å². The molecule has 0 radical (unpaired) electrons. The smallest absolute Gasteiger partial charge is 0.0660 e. The molecule has 0 aromatic heterocycles. The standard InChI is InChI=1S/C13H21NO/c1-4-14-9-8-10-11(13(2,3)15)6-5-7-12(10)14/h5,7,11,15H,4,6,8-9H2,1-3H3. The van der Waals surface area contributed by atoms with E-state index in [0.717, 1.165) is 25.9 Å². The van der Waals surface area contributed by atoms with E-state index in [0.29, 0.717) is 5.92 Å². The molecule has 15 heavy (non-hydrogen) atoms. The lowest BCUT2D eigenvalue weighted by atomic mass is 9.78. The van der Waals surface area contributed by atoms with E-state index in [9.17, 15) is 5.11 Å². The lowest BCUT2D eigenvalue weighted by molar-refractivity contribution is 0.0319. The molecule has 1 atom stereocenters. The van der Waals surface area contributed by atoms with Crippen LogP contribution in [0.25, 0.3) is 0 Å². The zero-order chi connectivity index (χ0) is 11.1. The van der Waals surface area contributed by atoms with Crippen LogP contribution in [-0.4, -0.2) is 28.7 Å². The van der Waals surface area contributed by atoms with E-state index in [1.165, 1.54) is 11.3 Å². The Balaban J connectivity index is 2.30. The molecule has 1 unspecified atom stereocenters. The molecule has 1 heterocycles. The van der Waals surface area contributed by atoms with Gasteiger partial charge < -0.3 is 10.0 Å². The van der Waals surface area contributed by atoms with Gasteiger partial charge in [-0.05, 0) is 45.3 Å². The summed E-state index contributed by atoms with van der Waals surface area (Å²) in [5.41, 5.74) is 2.25. The molecule has 84 valence electrons. The molecule has 0 bridgehead atoms. The summed E-state index contributed by atoms with van der Waals surface area (Å²) in [6, 6.07) is 0. The van der Waals surface area contributed by atoms with Crippen molar-refractivity contribution in [3.8, 4) is 0 Å². The number of allylic oxidation sites excluding steroid dienone is 2. The van der Waals surface area contributed by atoms with Crippen molar-refractivity contribution >= 4 is 0 Å². The minimum atomic E-state index is -0.588. The lowest BCUT2D eigenvalue weighted by Crippen LogP contribution is -2.33. The van der Waals surface area contributed by atoms with Crippen molar-refractivity contribution in [3.63, 3.8) is 0 Å². The van der Waals surface area contributed by atoms with E-state index in [2.05, 4.69) is 24.0 Å². The first-order chi connectivity index (χ1) is 7.04. The molecule has 0 spiro atoms. The third kappa shape index (κ3) is 1.83. The molecule has 0 aromatic carbocycles. The van der Waals surface area contributed by atoms with Crippen LogP contribution < -0.4 is 0 Å². The normalized spacial score (nSPS) is 26.1. The average molecular weight is 207 g/mol. The predicted molar refractivity (Wildman–Crippen MR) is 62.4 cm³/mol. The van der Waals surface area contributed by atoms with Gasteiger partial charge in [0, 0.05) is 24.7 Å². The monoisotopic (exact) mass is 207 g/mol. The van der Waals surface area contributed by atoms with Crippen molar-refractivity contribution in [3.05, 3.63) is 23.4 Å². The highest BCUT2D eigenvalue weighted by atomic mass is 16.3. The molecule has 0 aromatic rings. The van der Waals surface area contributed by atoms with Crippen LogP contribution in [0.5, 0.6) is 0 Å². The second-order valence-electron chi connectivity index (χ2n) is 5.08. The predicted octanol–water partition coefficient (Wildman–Crippen LogP) is 2.31. The molecule has 2 heteroatoms. The molecule has 2 rings (SSSR count). The molecule has 2 nitrogen and oxygen atoms in total. The van der Waals surface area contributed by atoms with Crippen molar-refractivity contribution in [1.82, 2.24) is 4.90 Å². The Morgan fingerprint density at radius 3 is 2.87 bits per heavy atom. The Morgan fingerprint density at radius 1 is 1.53 bits per heavy atom. The number of hydrogen-bond donors (Lipinski definition) is 1. The average Bonchev–Trinajstić information content (AvgIpc) is 2.58. The summed E-state index contributed by atoms with van der Waals surface area (Å²) in [4.78, 5) is 2.41. The van der Waals surface area contributed by atoms with E-state index in [-0.39, 0.29) is 0 Å². The van der Waals surface area contributed by atoms with Gasteiger partial charge >= 0.3 is 0 Å². The van der Waals surface area contributed by atoms with Crippen molar-refractivity contribution < 1.29 is 5.11 Å². The first-order valence-electron chi connectivity index (χ1n) is 5.91. The minimum absolute atomic E-state index is 0.314. The van der Waals surface area contributed by atoms with Crippen LogP contribution in [0, 0.1) is 5.92 Å². The molecular weight excluding hydrogens is 186 g/mol. The SMILES string of the molecule is CCN1CCC2=C1C=CCC2C(C)(C)O. The van der Waals surface area contributed by atoms with Crippen LogP contribution in [-0.2, 0) is 0 Å². The summed E-state index contributed by atoms with van der Waals surface area (Å²) < 4.78 is 0. The van der Waals surface area contributed by atoms with Gasteiger partial charge in [-0.15, -0.1) is 0 Å². The van der Waals surface area contributed by atoms with E-state index >= 15 is 0 Å². The van der Waals surface area contributed by atoms with Crippen LogP contribution in [0.4, 0.5) is 0 Å². The number of likely N-dealkylation sites (N-methyl/N-ethyl adjacent to an activating group) is 1. The molecule has 0 saturated carbocycles. The van der Waals surface area contributed by atoms with Crippen LogP contribution in [0.2, 0.25) is 0 Å². The number of rotatable bonds is 2. The maximum Gasteiger partial charge on any atom is 0.0660 e. The third-order valence-electron chi connectivity index (χ3n) is 3.62. The van der Waals surface area contributed by atoms with Gasteiger partial charge in [0.15, 0.2) is 0 Å². The quantitative estimate of drug-likeness (QED) is 0.751. The van der Waals surface area contributed by atoms with Gasteiger partial charge in [-0.25, -0.2) is 0 Å². The Hall–Kier alpha value is -0.760. The maximum atomic E-state index is 10.2. The van der Waals surface area contributed by atoms with Crippen LogP contribution >= 0.6 is 0 Å². The Bertz CT molecular complexity index is 309. The number of nitrogens with zero attached hydrogens (tertiary/aromatic N) is 1. The zero-order valence-electron chi connectivity index (χ0n) is 9.95. The highest BCUT2D eigenvalue weighted by molar-refractivity contribution is 5.35. The largest absolute Gasteiger partial charge is 0.390 e. The van der Waals surface area contributed by atoms with Gasteiger partial charge in [-0.3, -0.25) is 0 Å². The highest BCUT2D eigenvalue weighted by Gasteiger charge is 2.35. The lowest BCUT2D eigenvalue weighted by Gasteiger charge is -2.32. The minimum Gasteiger partial charge on any atom is -0.390 e. The third-order valence-corrected chi connectivity index (χ3v) is 3.62. The molecule has 1 aliphatic heterocycles. The summed E-state index contributed by atoms with van der Waals surface area (Å²) in [7, 11) is 0. The first kappa shape index (κ1) is 10.7. The van der Waals surface area contributed by atoms with Crippen molar-refractivity contribution in [1.29, 1.82) is 0 Å². The molecule has 0 saturated heterocycles. The highest BCUT2D eigenvalue weighted by Crippen LogP contribution is 2.39. The molecular formula is C13H21NO. The van der Waals surface area contributed by atoms with Gasteiger partial charge in [0.25, 0.3) is 0 Å². The van der Waals surface area contributed by atoms with Gasteiger partial charge in [0.2, 0.25) is 0 Å². The summed E-state index contributed by atoms with van der Waals surface area (Å²) in [5, 5.41) is 10.2. The molecule has 2 aliphatic rings. The van der Waals surface area contributed by atoms with Crippen molar-refractivity contribution in [2.75, 3.05) is 13.1 Å². The second kappa shape index (κ2) is 3.67. The van der Waals surface area contributed by atoms with E-state index in [1.807, 2.05) is 13.8 Å². The Morgan fingerprint density at radius 2 is 2.27 bits per heavy atom. The van der Waals surface area contributed by atoms with Crippen molar-refractivity contribution in [2.45, 2.75) is 39.2 Å². The van der Waals surface area contributed by atoms with Crippen LogP contribution in [0.3, 0.4) is 0 Å². The fourth-order valence-corrected chi connectivity index (χ4v) is 2.77. The number of hydrogen-bond acceptors (Lipinski definition) is 2. The molecule has 1 aliphatic carbocycles. The van der Waals surface area contributed by atoms with Gasteiger partial charge in [-0.2, -0.15) is 0 Å². The maximum absolute atomic E-state index is 10.2.